The summed E-state index contributed by atoms with van der Waals surface area (Å²) < 4.78 is 13.2. The lowest BCUT2D eigenvalue weighted by Crippen LogP contribution is -2.43. The Morgan fingerprint density at radius 1 is 1.21 bits per heavy atom. The van der Waals surface area contributed by atoms with Crippen LogP contribution in [-0.4, -0.2) is 43.4 Å². The van der Waals surface area contributed by atoms with Gasteiger partial charge in [-0.1, -0.05) is 36.4 Å². The van der Waals surface area contributed by atoms with Crippen molar-refractivity contribution >= 4 is 41.5 Å². The number of benzene rings is 2. The lowest BCUT2D eigenvalue weighted by Gasteiger charge is -2.21. The second-order valence-corrected chi connectivity index (χ2v) is 6.75. The number of aliphatic imine (C=N–C) groups is 1. The highest BCUT2D eigenvalue weighted by Crippen LogP contribution is 2.20. The van der Waals surface area contributed by atoms with Gasteiger partial charge in [0.1, 0.15) is 5.82 Å². The molecule has 1 saturated heterocycles. The van der Waals surface area contributed by atoms with Crippen molar-refractivity contribution in [2.45, 2.75) is 12.8 Å². The fourth-order valence-corrected chi connectivity index (χ4v) is 3.40. The van der Waals surface area contributed by atoms with Gasteiger partial charge in [0.15, 0.2) is 5.96 Å². The molecule has 1 amide bonds. The number of carbonyl (C=O) groups excluding carboxylic acids is 1. The maximum absolute atomic E-state index is 13.2. The van der Waals surface area contributed by atoms with Gasteiger partial charge in [0, 0.05) is 25.8 Å². The van der Waals surface area contributed by atoms with Gasteiger partial charge < -0.3 is 15.5 Å². The normalized spacial score (nSPS) is 16.4. The number of nitrogens with one attached hydrogen (secondary N) is 2. The van der Waals surface area contributed by atoms with Crippen molar-refractivity contribution in [3.8, 4) is 0 Å². The highest BCUT2D eigenvalue weighted by Gasteiger charge is 2.25. The summed E-state index contributed by atoms with van der Waals surface area (Å²) in [5.74, 6) is 0.687. The van der Waals surface area contributed by atoms with E-state index >= 15 is 0 Å². The third-order valence-corrected chi connectivity index (χ3v) is 4.68. The zero-order valence-electron chi connectivity index (χ0n) is 15.9. The summed E-state index contributed by atoms with van der Waals surface area (Å²) in [6.45, 7) is 1.92. The van der Waals surface area contributed by atoms with Gasteiger partial charge >= 0.3 is 0 Å². The molecule has 5 nitrogen and oxygen atoms in total. The number of anilines is 1. The van der Waals surface area contributed by atoms with E-state index in [0.717, 1.165) is 31.9 Å². The van der Waals surface area contributed by atoms with Crippen LogP contribution in [0.25, 0.3) is 0 Å². The zero-order chi connectivity index (χ0) is 19.1. The van der Waals surface area contributed by atoms with E-state index in [1.165, 1.54) is 17.7 Å². The van der Waals surface area contributed by atoms with E-state index in [4.69, 9.17) is 0 Å². The van der Waals surface area contributed by atoms with Crippen molar-refractivity contribution in [1.82, 2.24) is 10.2 Å². The molecule has 2 aromatic rings. The minimum absolute atomic E-state index is 0. The summed E-state index contributed by atoms with van der Waals surface area (Å²) >= 11 is 0. The number of carbonyl (C=O) groups is 1. The van der Waals surface area contributed by atoms with Gasteiger partial charge in [-0.3, -0.25) is 9.79 Å². The maximum Gasteiger partial charge on any atom is 0.243 e. The molecule has 0 spiro atoms. The molecule has 150 valence electrons. The standard InChI is InChI=1S/C21H25FN4O.HI/c1-23-21(24-14-20(27)25-19-9-5-8-18(22)13-19)26-11-10-17(15-26)12-16-6-3-2-4-7-16;/h2-9,13,17H,10-12,14-15H2,1H3,(H,23,24)(H,25,27);1H. The molecule has 2 aromatic carbocycles. The first kappa shape index (κ1) is 22.1. The minimum atomic E-state index is -0.377. The van der Waals surface area contributed by atoms with Crippen molar-refractivity contribution in [2.75, 3.05) is 32.0 Å². The van der Waals surface area contributed by atoms with Gasteiger partial charge in [0.25, 0.3) is 0 Å². The molecule has 28 heavy (non-hydrogen) atoms. The average molecular weight is 496 g/mol. The number of nitrogens with zero attached hydrogens (tertiary/aromatic N) is 2. The van der Waals surface area contributed by atoms with E-state index in [0.29, 0.717) is 11.6 Å². The minimum Gasteiger partial charge on any atom is -0.347 e. The molecule has 0 saturated carbocycles. The van der Waals surface area contributed by atoms with Crippen LogP contribution in [0.15, 0.2) is 59.6 Å². The first-order valence-electron chi connectivity index (χ1n) is 9.19. The van der Waals surface area contributed by atoms with Gasteiger partial charge in [-0.15, -0.1) is 24.0 Å². The van der Waals surface area contributed by atoms with Crippen molar-refractivity contribution in [2.24, 2.45) is 10.9 Å². The molecule has 7 heteroatoms. The number of hydrogen-bond donors (Lipinski definition) is 2. The molecule has 1 atom stereocenters. The lowest BCUT2D eigenvalue weighted by atomic mass is 9.99. The highest BCUT2D eigenvalue weighted by molar-refractivity contribution is 14.0. The summed E-state index contributed by atoms with van der Waals surface area (Å²) in [7, 11) is 1.72. The molecule has 1 aliphatic heterocycles. The van der Waals surface area contributed by atoms with Crippen LogP contribution in [0, 0.1) is 11.7 Å². The third-order valence-electron chi connectivity index (χ3n) is 4.68. The molecule has 0 aromatic heterocycles. The molecule has 1 unspecified atom stereocenters. The van der Waals surface area contributed by atoms with Crippen LogP contribution in [0.4, 0.5) is 10.1 Å². The summed E-state index contributed by atoms with van der Waals surface area (Å²) in [4.78, 5) is 18.6. The fourth-order valence-electron chi connectivity index (χ4n) is 3.40. The smallest absolute Gasteiger partial charge is 0.243 e. The zero-order valence-corrected chi connectivity index (χ0v) is 18.2. The van der Waals surface area contributed by atoms with Crippen LogP contribution in [0.2, 0.25) is 0 Å². The number of likely N-dealkylation sites (tertiary alicyclic amines) is 1. The first-order valence-corrected chi connectivity index (χ1v) is 9.19. The average Bonchev–Trinajstić information content (AvgIpc) is 3.11. The summed E-state index contributed by atoms with van der Waals surface area (Å²) in [5.41, 5.74) is 1.79. The lowest BCUT2D eigenvalue weighted by molar-refractivity contribution is -0.115. The van der Waals surface area contributed by atoms with Crippen LogP contribution >= 0.6 is 24.0 Å². The molecular formula is C21H26FIN4O. The van der Waals surface area contributed by atoms with E-state index in [1.807, 2.05) is 6.07 Å². The summed E-state index contributed by atoms with van der Waals surface area (Å²) in [5, 5.41) is 5.78. The SMILES string of the molecule is CN=C(NCC(=O)Nc1cccc(F)c1)N1CCC(Cc2ccccc2)C1.I. The summed E-state index contributed by atoms with van der Waals surface area (Å²) in [6.07, 6.45) is 2.15. The maximum atomic E-state index is 13.2. The number of hydrogen-bond acceptors (Lipinski definition) is 2. The molecule has 1 aliphatic rings. The summed E-state index contributed by atoms with van der Waals surface area (Å²) in [6, 6.07) is 16.3. The molecule has 1 heterocycles. The van der Waals surface area contributed by atoms with Gasteiger partial charge in [-0.2, -0.15) is 0 Å². The molecular weight excluding hydrogens is 470 g/mol. The largest absolute Gasteiger partial charge is 0.347 e. The Morgan fingerprint density at radius 3 is 2.71 bits per heavy atom. The Labute approximate surface area is 182 Å². The molecule has 1 fully saturated rings. The van der Waals surface area contributed by atoms with Gasteiger partial charge in [0.2, 0.25) is 5.91 Å². The first-order chi connectivity index (χ1) is 13.1. The quantitative estimate of drug-likeness (QED) is 0.379. The van der Waals surface area contributed by atoms with Crippen molar-refractivity contribution in [1.29, 1.82) is 0 Å². The Hall–Kier alpha value is -2.16. The fraction of sp³-hybridized carbons (Fsp3) is 0.333. The van der Waals surface area contributed by atoms with Crippen LogP contribution < -0.4 is 10.6 Å². The number of amides is 1. The third kappa shape index (κ3) is 6.47. The van der Waals surface area contributed by atoms with E-state index in [9.17, 15) is 9.18 Å². The van der Waals surface area contributed by atoms with E-state index < -0.39 is 0 Å². The molecule has 0 radical (unpaired) electrons. The van der Waals surface area contributed by atoms with Crippen LogP contribution in [0.3, 0.4) is 0 Å². The van der Waals surface area contributed by atoms with E-state index in [-0.39, 0.29) is 42.2 Å². The second kappa shape index (κ2) is 11.0. The Kier molecular flexibility index (Phi) is 8.69. The van der Waals surface area contributed by atoms with Crippen molar-refractivity contribution in [3.63, 3.8) is 0 Å². The van der Waals surface area contributed by atoms with Crippen molar-refractivity contribution in [3.05, 3.63) is 66.0 Å². The van der Waals surface area contributed by atoms with Gasteiger partial charge in [-0.25, -0.2) is 4.39 Å². The monoisotopic (exact) mass is 496 g/mol. The number of guanidine groups is 1. The molecule has 0 aliphatic carbocycles. The Morgan fingerprint density at radius 2 is 2.00 bits per heavy atom. The van der Waals surface area contributed by atoms with E-state index in [1.54, 1.807) is 19.2 Å². The second-order valence-electron chi connectivity index (χ2n) is 6.75. The van der Waals surface area contributed by atoms with Crippen LogP contribution in [0.5, 0.6) is 0 Å². The Bertz CT molecular complexity index is 800. The van der Waals surface area contributed by atoms with Gasteiger partial charge in [-0.05, 0) is 42.5 Å². The molecule has 3 rings (SSSR count). The molecule has 2 N–H and O–H groups in total. The Balaban J connectivity index is 0.00000280. The highest BCUT2D eigenvalue weighted by atomic mass is 127. The molecule has 0 bridgehead atoms. The topological polar surface area (TPSA) is 56.7 Å². The van der Waals surface area contributed by atoms with E-state index in [2.05, 4.69) is 44.8 Å². The van der Waals surface area contributed by atoms with Crippen LogP contribution in [-0.2, 0) is 11.2 Å². The van der Waals surface area contributed by atoms with Crippen LogP contribution in [0.1, 0.15) is 12.0 Å². The predicted octanol–water partition coefficient (Wildman–Crippen LogP) is 3.52. The number of rotatable bonds is 5. The van der Waals surface area contributed by atoms with Gasteiger partial charge in [0.05, 0.1) is 6.54 Å². The predicted molar refractivity (Wildman–Crippen MR) is 122 cm³/mol. The van der Waals surface area contributed by atoms with Crippen molar-refractivity contribution < 1.29 is 9.18 Å². The number of halogens is 2.